The van der Waals surface area contributed by atoms with Crippen LogP contribution in [0.2, 0.25) is 0 Å². The van der Waals surface area contributed by atoms with Crippen LogP contribution < -0.4 is 0 Å². The molecule has 11 heavy (non-hydrogen) atoms. The van der Waals surface area contributed by atoms with Gasteiger partial charge in [-0.05, 0) is 30.5 Å². The van der Waals surface area contributed by atoms with Gasteiger partial charge < -0.3 is 0 Å². The summed E-state index contributed by atoms with van der Waals surface area (Å²) in [5.41, 5.74) is 1.40. The van der Waals surface area contributed by atoms with Crippen molar-refractivity contribution in [2.75, 3.05) is 0 Å². The quantitative estimate of drug-likeness (QED) is 0.684. The number of halogens is 2. The first-order valence-corrected chi connectivity index (χ1v) is 5.24. The van der Waals surface area contributed by atoms with Crippen LogP contribution in [0.15, 0.2) is 28.7 Å². The summed E-state index contributed by atoms with van der Waals surface area (Å²) in [6, 6.07) is 8.53. The molecule has 1 aliphatic carbocycles. The van der Waals surface area contributed by atoms with Crippen molar-refractivity contribution in [3.05, 3.63) is 34.3 Å². The molecule has 0 aliphatic heterocycles. The Hall–Kier alpha value is 0.180. The van der Waals surface area contributed by atoms with Crippen LogP contribution in [0, 0.1) is 0 Å². The molecule has 0 atom stereocenters. The van der Waals surface area contributed by atoms with Gasteiger partial charge in [0.25, 0.3) is 0 Å². The molecule has 0 amide bonds. The third-order valence-electron chi connectivity index (χ3n) is 2.05. The predicted molar refractivity (Wildman–Crippen MR) is 54.0 cm³/mol. The minimum Gasteiger partial charge on any atom is -0.0801 e. The third kappa shape index (κ3) is 1.52. The van der Waals surface area contributed by atoms with Crippen LogP contribution in [-0.2, 0) is 4.32 Å². The minimum absolute atomic E-state index is 0.327. The Labute approximate surface area is 83.3 Å². The zero-order chi connectivity index (χ0) is 7.90. The number of hydrogen-bond acceptors (Lipinski definition) is 0. The first kappa shape index (κ1) is 7.81. The highest BCUT2D eigenvalue weighted by Crippen LogP contribution is 2.53. The number of rotatable bonds is 1. The molecule has 0 saturated heterocycles. The summed E-state index contributed by atoms with van der Waals surface area (Å²) in [6.45, 7) is 0. The van der Waals surface area contributed by atoms with Crippen LogP contribution >= 0.6 is 31.9 Å². The van der Waals surface area contributed by atoms with Crippen LogP contribution in [0.3, 0.4) is 0 Å². The molecule has 1 aromatic carbocycles. The standard InChI is InChI=1S/C9H8Br2/c10-8-3-1-7(2-4-8)9(11)5-6-9/h1-4H,5-6H2. The SMILES string of the molecule is Brc1ccc(C2(Br)CC2)cc1. The lowest BCUT2D eigenvalue weighted by molar-refractivity contribution is 1.06. The molecule has 0 bridgehead atoms. The third-order valence-corrected chi connectivity index (χ3v) is 3.83. The summed E-state index contributed by atoms with van der Waals surface area (Å²) in [6.07, 6.45) is 2.54. The van der Waals surface area contributed by atoms with Gasteiger partial charge in [-0.15, -0.1) is 0 Å². The molecule has 0 radical (unpaired) electrons. The zero-order valence-corrected chi connectivity index (χ0v) is 9.15. The molecule has 0 nitrogen and oxygen atoms in total. The summed E-state index contributed by atoms with van der Waals surface area (Å²) in [7, 11) is 0. The Morgan fingerprint density at radius 3 is 2.09 bits per heavy atom. The second-order valence-electron chi connectivity index (χ2n) is 2.97. The topological polar surface area (TPSA) is 0 Å². The van der Waals surface area contributed by atoms with Crippen molar-refractivity contribution in [1.82, 2.24) is 0 Å². The fraction of sp³-hybridized carbons (Fsp3) is 0.333. The first-order valence-electron chi connectivity index (χ1n) is 3.66. The molecule has 0 heterocycles. The summed E-state index contributed by atoms with van der Waals surface area (Å²) < 4.78 is 1.48. The van der Waals surface area contributed by atoms with E-state index in [9.17, 15) is 0 Å². The van der Waals surface area contributed by atoms with Crippen LogP contribution in [0.4, 0.5) is 0 Å². The highest BCUT2D eigenvalue weighted by Gasteiger charge is 2.41. The van der Waals surface area contributed by atoms with Crippen molar-refractivity contribution in [1.29, 1.82) is 0 Å². The van der Waals surface area contributed by atoms with Crippen molar-refractivity contribution in [2.45, 2.75) is 17.2 Å². The fourth-order valence-corrected chi connectivity index (χ4v) is 1.87. The molecule has 2 heteroatoms. The molecule has 1 aliphatic rings. The summed E-state index contributed by atoms with van der Waals surface area (Å²) in [5.74, 6) is 0. The molecular formula is C9H8Br2. The average molecular weight is 276 g/mol. The van der Waals surface area contributed by atoms with E-state index in [1.807, 2.05) is 0 Å². The monoisotopic (exact) mass is 274 g/mol. The molecule has 1 aromatic rings. The number of hydrogen-bond donors (Lipinski definition) is 0. The van der Waals surface area contributed by atoms with Crippen molar-refractivity contribution in [2.24, 2.45) is 0 Å². The van der Waals surface area contributed by atoms with Crippen molar-refractivity contribution >= 4 is 31.9 Å². The molecule has 0 N–H and O–H groups in total. The van der Waals surface area contributed by atoms with Gasteiger partial charge in [-0.2, -0.15) is 0 Å². The van der Waals surface area contributed by atoms with E-state index in [1.54, 1.807) is 0 Å². The van der Waals surface area contributed by atoms with Crippen LogP contribution in [-0.4, -0.2) is 0 Å². The van der Waals surface area contributed by atoms with E-state index in [4.69, 9.17) is 0 Å². The second-order valence-corrected chi connectivity index (χ2v) is 5.41. The smallest absolute Gasteiger partial charge is 0.0507 e. The zero-order valence-electron chi connectivity index (χ0n) is 5.98. The Bertz CT molecular complexity index is 259. The lowest BCUT2D eigenvalue weighted by Crippen LogP contribution is -1.93. The van der Waals surface area contributed by atoms with E-state index in [0.29, 0.717) is 4.32 Å². The molecule has 0 aromatic heterocycles. The number of alkyl halides is 1. The predicted octanol–water partition coefficient (Wildman–Crippen LogP) is 3.83. The van der Waals surface area contributed by atoms with E-state index in [-0.39, 0.29) is 0 Å². The van der Waals surface area contributed by atoms with Crippen molar-refractivity contribution < 1.29 is 0 Å². The second kappa shape index (κ2) is 2.60. The Kier molecular flexibility index (Phi) is 1.84. The van der Waals surface area contributed by atoms with Gasteiger partial charge in [0.2, 0.25) is 0 Å². The summed E-state index contributed by atoms with van der Waals surface area (Å²) in [4.78, 5) is 0. The molecular weight excluding hydrogens is 268 g/mol. The Balaban J connectivity index is 2.33. The molecule has 1 fully saturated rings. The van der Waals surface area contributed by atoms with Gasteiger partial charge >= 0.3 is 0 Å². The van der Waals surface area contributed by atoms with Crippen molar-refractivity contribution in [3.8, 4) is 0 Å². The largest absolute Gasteiger partial charge is 0.0801 e. The van der Waals surface area contributed by atoms with E-state index in [1.165, 1.54) is 18.4 Å². The highest BCUT2D eigenvalue weighted by molar-refractivity contribution is 9.10. The van der Waals surface area contributed by atoms with E-state index >= 15 is 0 Å². The average Bonchev–Trinajstić information content (AvgIpc) is 2.70. The normalized spacial score (nSPS) is 19.8. The lowest BCUT2D eigenvalue weighted by atomic mass is 10.1. The summed E-state index contributed by atoms with van der Waals surface area (Å²) in [5, 5.41) is 0. The van der Waals surface area contributed by atoms with E-state index in [0.717, 1.165) is 4.47 Å². The van der Waals surface area contributed by atoms with Crippen LogP contribution in [0.1, 0.15) is 18.4 Å². The van der Waals surface area contributed by atoms with Gasteiger partial charge in [0.05, 0.1) is 4.32 Å². The maximum Gasteiger partial charge on any atom is 0.0507 e. The summed E-state index contributed by atoms with van der Waals surface area (Å²) >= 11 is 7.12. The van der Waals surface area contributed by atoms with Crippen molar-refractivity contribution in [3.63, 3.8) is 0 Å². The maximum atomic E-state index is 3.71. The molecule has 2 rings (SSSR count). The fourth-order valence-electron chi connectivity index (χ4n) is 1.15. The van der Waals surface area contributed by atoms with Crippen LogP contribution in [0.25, 0.3) is 0 Å². The Morgan fingerprint density at radius 2 is 1.64 bits per heavy atom. The highest BCUT2D eigenvalue weighted by atomic mass is 79.9. The maximum absolute atomic E-state index is 3.71. The van der Waals surface area contributed by atoms with Gasteiger partial charge in [-0.25, -0.2) is 0 Å². The van der Waals surface area contributed by atoms with E-state index < -0.39 is 0 Å². The molecule has 0 spiro atoms. The number of benzene rings is 1. The minimum atomic E-state index is 0.327. The van der Waals surface area contributed by atoms with Gasteiger partial charge in [0, 0.05) is 4.47 Å². The molecule has 58 valence electrons. The van der Waals surface area contributed by atoms with E-state index in [2.05, 4.69) is 56.1 Å². The van der Waals surface area contributed by atoms with Gasteiger partial charge in [0.15, 0.2) is 0 Å². The first-order chi connectivity index (χ1) is 5.21. The van der Waals surface area contributed by atoms with Gasteiger partial charge in [-0.3, -0.25) is 0 Å². The Morgan fingerprint density at radius 1 is 1.09 bits per heavy atom. The molecule has 0 unspecified atom stereocenters. The van der Waals surface area contributed by atoms with Gasteiger partial charge in [-0.1, -0.05) is 44.0 Å². The molecule has 1 saturated carbocycles. The van der Waals surface area contributed by atoms with Crippen LogP contribution in [0.5, 0.6) is 0 Å². The van der Waals surface area contributed by atoms with Gasteiger partial charge in [0.1, 0.15) is 0 Å². The lowest BCUT2D eigenvalue weighted by Gasteiger charge is -2.05.